The third kappa shape index (κ3) is 5.15. The van der Waals surface area contributed by atoms with Crippen LogP contribution in [0.4, 0.5) is 24.5 Å². The normalized spacial score (nSPS) is 13.5. The third-order valence-corrected chi connectivity index (χ3v) is 6.40. The van der Waals surface area contributed by atoms with E-state index in [2.05, 4.69) is 15.3 Å². The summed E-state index contributed by atoms with van der Waals surface area (Å²) < 4.78 is 46.8. The third-order valence-electron chi connectivity index (χ3n) is 6.40. The standard InChI is InChI=1S/C28H24F3N5O2/c1-17-11-18(24-15-33-16-38-24)13-19(12-17)25(32)21-5-4-8-34-26(21)27(37)35-23-14-20(36-9-2-3-10-36)6-7-22(23)28(29,30)31/h4-8,11-16,32H,2-3,9-10H2,1H3,(H,35,37). The predicted molar refractivity (Wildman–Crippen MR) is 138 cm³/mol. The maximum absolute atomic E-state index is 13.8. The molecule has 1 saturated heterocycles. The molecular formula is C28H24F3N5O2. The lowest BCUT2D eigenvalue weighted by Gasteiger charge is -2.21. The molecule has 5 rings (SSSR count). The van der Waals surface area contributed by atoms with E-state index in [1.54, 1.807) is 30.5 Å². The minimum atomic E-state index is -4.66. The number of alkyl halides is 3. The molecule has 0 spiro atoms. The van der Waals surface area contributed by atoms with E-state index in [1.807, 2.05) is 17.9 Å². The number of amides is 1. The second-order valence-electron chi connectivity index (χ2n) is 9.10. The van der Waals surface area contributed by atoms with Crippen LogP contribution in [0.3, 0.4) is 0 Å². The van der Waals surface area contributed by atoms with Crippen LogP contribution in [-0.4, -0.2) is 34.7 Å². The van der Waals surface area contributed by atoms with E-state index in [-0.39, 0.29) is 22.7 Å². The van der Waals surface area contributed by atoms with Gasteiger partial charge in [-0.05, 0) is 73.9 Å². The van der Waals surface area contributed by atoms with Crippen LogP contribution in [0.15, 0.2) is 71.7 Å². The van der Waals surface area contributed by atoms with Crippen molar-refractivity contribution in [2.45, 2.75) is 25.9 Å². The van der Waals surface area contributed by atoms with Crippen LogP contribution in [0.25, 0.3) is 11.3 Å². The highest BCUT2D eigenvalue weighted by Crippen LogP contribution is 2.38. The number of carbonyl (C=O) groups is 1. The van der Waals surface area contributed by atoms with Crippen molar-refractivity contribution in [2.24, 2.45) is 0 Å². The fourth-order valence-electron chi connectivity index (χ4n) is 4.61. The van der Waals surface area contributed by atoms with Crippen LogP contribution >= 0.6 is 0 Å². The molecule has 0 saturated carbocycles. The number of carbonyl (C=O) groups excluding carboxylic acids is 1. The predicted octanol–water partition coefficient (Wildman–Crippen LogP) is 6.33. The zero-order valence-electron chi connectivity index (χ0n) is 20.5. The second-order valence-corrected chi connectivity index (χ2v) is 9.10. The van der Waals surface area contributed by atoms with E-state index in [1.165, 1.54) is 24.7 Å². The maximum Gasteiger partial charge on any atom is 0.418 e. The monoisotopic (exact) mass is 519 g/mol. The van der Waals surface area contributed by atoms with E-state index in [0.29, 0.717) is 22.6 Å². The highest BCUT2D eigenvalue weighted by atomic mass is 19.4. The second kappa shape index (κ2) is 10.1. The van der Waals surface area contributed by atoms with Crippen LogP contribution in [0.1, 0.15) is 45.6 Å². The summed E-state index contributed by atoms with van der Waals surface area (Å²) in [4.78, 5) is 23.4. The Kier molecular flexibility index (Phi) is 6.71. The minimum Gasteiger partial charge on any atom is -0.444 e. The Bertz CT molecular complexity index is 1490. The molecule has 1 fully saturated rings. The van der Waals surface area contributed by atoms with Gasteiger partial charge in [0.05, 0.1) is 23.2 Å². The van der Waals surface area contributed by atoms with Gasteiger partial charge in [0.1, 0.15) is 5.69 Å². The van der Waals surface area contributed by atoms with Gasteiger partial charge >= 0.3 is 6.18 Å². The highest BCUT2D eigenvalue weighted by molar-refractivity contribution is 6.18. The smallest absolute Gasteiger partial charge is 0.418 e. The number of nitrogens with one attached hydrogen (secondary N) is 2. The van der Waals surface area contributed by atoms with Gasteiger partial charge in [0.15, 0.2) is 12.2 Å². The Balaban J connectivity index is 1.49. The van der Waals surface area contributed by atoms with E-state index >= 15 is 0 Å². The molecule has 2 aromatic carbocycles. The summed E-state index contributed by atoms with van der Waals surface area (Å²) in [5, 5.41) is 11.3. The topological polar surface area (TPSA) is 95.1 Å². The van der Waals surface area contributed by atoms with Gasteiger partial charge < -0.3 is 14.6 Å². The fourth-order valence-corrected chi connectivity index (χ4v) is 4.61. The van der Waals surface area contributed by atoms with Crippen molar-refractivity contribution >= 4 is 23.0 Å². The SMILES string of the molecule is Cc1cc(C(=N)c2cccnc2C(=O)Nc2cc(N3CCCC3)ccc2C(F)(F)F)cc(-c2cnco2)c1. The lowest BCUT2D eigenvalue weighted by atomic mass is 9.96. The largest absolute Gasteiger partial charge is 0.444 e. The zero-order chi connectivity index (χ0) is 26.9. The number of halogens is 3. The lowest BCUT2D eigenvalue weighted by Crippen LogP contribution is -2.22. The number of aryl methyl sites for hydroxylation is 1. The molecule has 2 aromatic heterocycles. The molecular weight excluding hydrogens is 495 g/mol. The number of hydrogen-bond donors (Lipinski definition) is 2. The molecule has 4 aromatic rings. The fraction of sp³-hybridized carbons (Fsp3) is 0.214. The molecule has 2 N–H and O–H groups in total. The molecule has 0 bridgehead atoms. The number of pyridine rings is 1. The molecule has 0 radical (unpaired) electrons. The number of rotatable bonds is 6. The van der Waals surface area contributed by atoms with Gasteiger partial charge in [-0.2, -0.15) is 13.2 Å². The van der Waals surface area contributed by atoms with Crippen molar-refractivity contribution in [1.82, 2.24) is 9.97 Å². The highest BCUT2D eigenvalue weighted by Gasteiger charge is 2.35. The van der Waals surface area contributed by atoms with Gasteiger partial charge in [0.25, 0.3) is 5.91 Å². The van der Waals surface area contributed by atoms with Gasteiger partial charge in [0, 0.05) is 41.7 Å². The summed E-state index contributed by atoms with van der Waals surface area (Å²) in [6.45, 7) is 3.35. The van der Waals surface area contributed by atoms with Gasteiger partial charge in [-0.15, -0.1) is 0 Å². The molecule has 1 aliphatic rings. The van der Waals surface area contributed by atoms with Crippen molar-refractivity contribution in [2.75, 3.05) is 23.3 Å². The summed E-state index contributed by atoms with van der Waals surface area (Å²) in [5.74, 6) is -0.318. The first-order chi connectivity index (χ1) is 18.2. The van der Waals surface area contributed by atoms with Gasteiger partial charge in [0.2, 0.25) is 0 Å². The molecule has 1 aliphatic heterocycles. The average Bonchev–Trinajstić information content (AvgIpc) is 3.62. The molecule has 194 valence electrons. The Labute approximate surface area is 216 Å². The van der Waals surface area contributed by atoms with Gasteiger partial charge in [-0.25, -0.2) is 4.98 Å². The molecule has 38 heavy (non-hydrogen) atoms. The summed E-state index contributed by atoms with van der Waals surface area (Å²) in [7, 11) is 0. The molecule has 7 nitrogen and oxygen atoms in total. The van der Waals surface area contributed by atoms with Crippen molar-refractivity contribution in [3.05, 3.63) is 95.3 Å². The summed E-state index contributed by atoms with van der Waals surface area (Å²) in [5.41, 5.74) is 1.38. The number of nitrogens with zero attached hydrogens (tertiary/aromatic N) is 3. The number of anilines is 2. The molecule has 3 heterocycles. The van der Waals surface area contributed by atoms with Crippen LogP contribution < -0.4 is 10.2 Å². The Hall–Kier alpha value is -4.47. The molecule has 0 unspecified atom stereocenters. The maximum atomic E-state index is 13.8. The van der Waals surface area contributed by atoms with Crippen LogP contribution in [0.5, 0.6) is 0 Å². The first kappa shape index (κ1) is 25.2. The Morgan fingerprint density at radius 3 is 2.61 bits per heavy atom. The van der Waals surface area contributed by atoms with Gasteiger partial charge in [-0.1, -0.05) is 0 Å². The van der Waals surface area contributed by atoms with E-state index in [4.69, 9.17) is 9.83 Å². The number of oxazole rings is 1. The van der Waals surface area contributed by atoms with Crippen LogP contribution in [0, 0.1) is 12.3 Å². The van der Waals surface area contributed by atoms with Crippen molar-refractivity contribution in [1.29, 1.82) is 5.41 Å². The van der Waals surface area contributed by atoms with Crippen LogP contribution in [0.2, 0.25) is 0 Å². The van der Waals surface area contributed by atoms with Crippen molar-refractivity contribution < 1.29 is 22.4 Å². The van der Waals surface area contributed by atoms with E-state index in [9.17, 15) is 18.0 Å². The number of hydrogen-bond acceptors (Lipinski definition) is 6. The quantitative estimate of drug-likeness (QED) is 0.290. The van der Waals surface area contributed by atoms with Crippen LogP contribution in [-0.2, 0) is 6.18 Å². The molecule has 0 atom stereocenters. The average molecular weight is 520 g/mol. The Morgan fingerprint density at radius 1 is 1.11 bits per heavy atom. The summed E-state index contributed by atoms with van der Waals surface area (Å²) >= 11 is 0. The van der Waals surface area contributed by atoms with Gasteiger partial charge in [-0.3, -0.25) is 15.2 Å². The molecule has 10 heteroatoms. The van der Waals surface area contributed by atoms with E-state index < -0.39 is 17.6 Å². The van der Waals surface area contributed by atoms with Crippen molar-refractivity contribution in [3.63, 3.8) is 0 Å². The summed E-state index contributed by atoms with van der Waals surface area (Å²) in [6, 6.07) is 12.3. The number of aromatic nitrogens is 2. The molecule has 1 amide bonds. The molecule has 0 aliphatic carbocycles. The Morgan fingerprint density at radius 2 is 1.89 bits per heavy atom. The minimum absolute atomic E-state index is 0.00502. The lowest BCUT2D eigenvalue weighted by molar-refractivity contribution is -0.136. The zero-order valence-corrected chi connectivity index (χ0v) is 20.5. The first-order valence-corrected chi connectivity index (χ1v) is 12.0. The first-order valence-electron chi connectivity index (χ1n) is 12.0. The van der Waals surface area contributed by atoms with E-state index in [0.717, 1.165) is 37.6 Å². The van der Waals surface area contributed by atoms with Crippen molar-refractivity contribution in [3.8, 4) is 11.3 Å². The number of benzene rings is 2. The summed E-state index contributed by atoms with van der Waals surface area (Å²) in [6.07, 6.45) is 1.48.